The third-order valence-electron chi connectivity index (χ3n) is 4.95. The van der Waals surface area contributed by atoms with Gasteiger partial charge in [-0.1, -0.05) is 0 Å². The highest BCUT2D eigenvalue weighted by Crippen LogP contribution is 2.34. The number of pyridine rings is 2. The zero-order chi connectivity index (χ0) is 18.8. The van der Waals surface area contributed by atoms with Gasteiger partial charge in [-0.3, -0.25) is 9.78 Å². The van der Waals surface area contributed by atoms with Crippen LogP contribution in [-0.4, -0.2) is 35.6 Å². The Morgan fingerprint density at radius 2 is 2.04 bits per heavy atom. The number of rotatable bonds is 5. The number of amides is 1. The van der Waals surface area contributed by atoms with Crippen molar-refractivity contribution in [1.82, 2.24) is 15.3 Å². The SMILES string of the molecule is COc1cc(-c2cc(O[C@H](C)[C@@H]3CNC(=O)C3)c3cccnc3c2)ccn1. The van der Waals surface area contributed by atoms with Gasteiger partial charge in [0.1, 0.15) is 11.9 Å². The molecule has 138 valence electrons. The van der Waals surface area contributed by atoms with E-state index in [1.807, 2.05) is 43.3 Å². The lowest BCUT2D eigenvalue weighted by atomic mass is 10.0. The summed E-state index contributed by atoms with van der Waals surface area (Å²) >= 11 is 0. The number of nitrogens with zero attached hydrogens (tertiary/aromatic N) is 2. The molecule has 0 unspecified atom stereocenters. The molecule has 0 saturated carbocycles. The molecule has 1 aliphatic rings. The number of hydrogen-bond acceptors (Lipinski definition) is 5. The Balaban J connectivity index is 1.73. The van der Waals surface area contributed by atoms with E-state index < -0.39 is 0 Å². The zero-order valence-electron chi connectivity index (χ0n) is 15.3. The van der Waals surface area contributed by atoms with E-state index >= 15 is 0 Å². The summed E-state index contributed by atoms with van der Waals surface area (Å²) in [5, 5.41) is 3.82. The second-order valence-corrected chi connectivity index (χ2v) is 6.72. The van der Waals surface area contributed by atoms with Gasteiger partial charge in [-0.15, -0.1) is 0 Å². The zero-order valence-corrected chi connectivity index (χ0v) is 15.3. The highest BCUT2D eigenvalue weighted by atomic mass is 16.5. The summed E-state index contributed by atoms with van der Waals surface area (Å²) in [6, 6.07) is 11.8. The minimum atomic E-state index is -0.0883. The van der Waals surface area contributed by atoms with Crippen molar-refractivity contribution in [2.45, 2.75) is 19.4 Å². The highest BCUT2D eigenvalue weighted by Gasteiger charge is 2.28. The quantitative estimate of drug-likeness (QED) is 0.753. The molecule has 0 radical (unpaired) electrons. The van der Waals surface area contributed by atoms with Crippen LogP contribution in [-0.2, 0) is 4.79 Å². The van der Waals surface area contributed by atoms with Gasteiger partial charge in [0.15, 0.2) is 0 Å². The summed E-state index contributed by atoms with van der Waals surface area (Å²) in [6.07, 6.45) is 3.90. The van der Waals surface area contributed by atoms with Gasteiger partial charge in [-0.2, -0.15) is 0 Å². The van der Waals surface area contributed by atoms with E-state index in [1.54, 1.807) is 19.5 Å². The van der Waals surface area contributed by atoms with Crippen molar-refractivity contribution >= 4 is 16.8 Å². The molecule has 6 nitrogen and oxygen atoms in total. The third kappa shape index (κ3) is 3.56. The minimum Gasteiger partial charge on any atom is -0.490 e. The lowest BCUT2D eigenvalue weighted by molar-refractivity contribution is -0.119. The lowest BCUT2D eigenvalue weighted by Gasteiger charge is -2.21. The smallest absolute Gasteiger partial charge is 0.220 e. The molecule has 1 aromatic carbocycles. The highest BCUT2D eigenvalue weighted by molar-refractivity contribution is 5.90. The molecule has 0 aliphatic carbocycles. The second-order valence-electron chi connectivity index (χ2n) is 6.72. The van der Waals surface area contributed by atoms with E-state index in [9.17, 15) is 4.79 Å². The van der Waals surface area contributed by atoms with Crippen LogP contribution in [0.4, 0.5) is 0 Å². The molecule has 6 heteroatoms. The number of aromatic nitrogens is 2. The summed E-state index contributed by atoms with van der Waals surface area (Å²) < 4.78 is 11.5. The summed E-state index contributed by atoms with van der Waals surface area (Å²) in [4.78, 5) is 20.2. The van der Waals surface area contributed by atoms with Crippen LogP contribution in [0.15, 0.2) is 48.8 Å². The third-order valence-corrected chi connectivity index (χ3v) is 4.95. The number of benzene rings is 1. The van der Waals surface area contributed by atoms with Crippen LogP contribution in [0.2, 0.25) is 0 Å². The standard InChI is InChI=1S/C21H21N3O3/c1-13(16-10-20(25)24-12-16)27-19-9-15(8-18-17(19)4-3-6-22-18)14-5-7-23-21(11-14)26-2/h3-9,11,13,16H,10,12H2,1-2H3,(H,24,25)/t13-,16+/m1/s1. The molecule has 3 heterocycles. The van der Waals surface area contributed by atoms with Crippen LogP contribution < -0.4 is 14.8 Å². The average molecular weight is 363 g/mol. The molecule has 1 fully saturated rings. The van der Waals surface area contributed by atoms with Gasteiger partial charge in [0.25, 0.3) is 0 Å². The van der Waals surface area contributed by atoms with Crippen LogP contribution in [0.3, 0.4) is 0 Å². The molecule has 1 amide bonds. The number of hydrogen-bond donors (Lipinski definition) is 1. The van der Waals surface area contributed by atoms with Crippen molar-refractivity contribution in [2.75, 3.05) is 13.7 Å². The van der Waals surface area contributed by atoms with Crippen molar-refractivity contribution in [3.8, 4) is 22.8 Å². The van der Waals surface area contributed by atoms with Crippen LogP contribution in [0.5, 0.6) is 11.6 Å². The molecule has 1 saturated heterocycles. The molecule has 1 N–H and O–H groups in total. The molecule has 27 heavy (non-hydrogen) atoms. The Morgan fingerprint density at radius 3 is 2.81 bits per heavy atom. The monoisotopic (exact) mass is 363 g/mol. The van der Waals surface area contributed by atoms with Gasteiger partial charge in [0.2, 0.25) is 11.8 Å². The van der Waals surface area contributed by atoms with Gasteiger partial charge >= 0.3 is 0 Å². The van der Waals surface area contributed by atoms with Gasteiger partial charge in [0, 0.05) is 42.7 Å². The van der Waals surface area contributed by atoms with E-state index in [4.69, 9.17) is 9.47 Å². The Bertz CT molecular complexity index is 989. The Morgan fingerprint density at radius 1 is 1.15 bits per heavy atom. The first-order valence-electron chi connectivity index (χ1n) is 8.96. The van der Waals surface area contributed by atoms with Crippen LogP contribution >= 0.6 is 0 Å². The van der Waals surface area contributed by atoms with Gasteiger partial charge in [0.05, 0.1) is 12.6 Å². The molecule has 2 aromatic heterocycles. The first-order valence-corrected chi connectivity index (χ1v) is 8.96. The second kappa shape index (κ2) is 7.23. The fraction of sp³-hybridized carbons (Fsp3) is 0.286. The lowest BCUT2D eigenvalue weighted by Crippen LogP contribution is -2.25. The molecule has 4 rings (SSSR count). The first-order chi connectivity index (χ1) is 13.1. The topological polar surface area (TPSA) is 73.3 Å². The predicted octanol–water partition coefficient (Wildman–Crippen LogP) is 3.21. The van der Waals surface area contributed by atoms with Gasteiger partial charge in [-0.25, -0.2) is 4.98 Å². The van der Waals surface area contributed by atoms with Gasteiger partial charge < -0.3 is 14.8 Å². The maximum absolute atomic E-state index is 11.5. The number of methoxy groups -OCH3 is 1. The first kappa shape index (κ1) is 17.3. The molecular weight excluding hydrogens is 342 g/mol. The van der Waals surface area contributed by atoms with E-state index in [0.29, 0.717) is 18.8 Å². The Hall–Kier alpha value is -3.15. The number of carbonyl (C=O) groups excluding carboxylic acids is 1. The van der Waals surface area contributed by atoms with E-state index in [2.05, 4.69) is 15.3 Å². The van der Waals surface area contributed by atoms with E-state index in [-0.39, 0.29) is 17.9 Å². The van der Waals surface area contributed by atoms with Crippen LogP contribution in [0.1, 0.15) is 13.3 Å². The van der Waals surface area contributed by atoms with Gasteiger partial charge in [-0.05, 0) is 48.4 Å². The summed E-state index contributed by atoms with van der Waals surface area (Å²) in [7, 11) is 1.60. The average Bonchev–Trinajstić information content (AvgIpc) is 3.14. The van der Waals surface area contributed by atoms with E-state index in [1.165, 1.54) is 0 Å². The number of carbonyl (C=O) groups is 1. The summed E-state index contributed by atoms with van der Waals surface area (Å²) in [5.41, 5.74) is 2.81. The minimum absolute atomic E-state index is 0.0830. The Labute approximate surface area is 157 Å². The molecule has 3 aromatic rings. The largest absolute Gasteiger partial charge is 0.490 e. The Kier molecular flexibility index (Phi) is 4.62. The number of fused-ring (bicyclic) bond motifs is 1. The van der Waals surface area contributed by atoms with Crippen LogP contribution in [0.25, 0.3) is 22.0 Å². The number of ether oxygens (including phenoxy) is 2. The predicted molar refractivity (Wildman–Crippen MR) is 103 cm³/mol. The fourth-order valence-corrected chi connectivity index (χ4v) is 3.37. The normalized spacial score (nSPS) is 17.6. The molecule has 0 spiro atoms. The van der Waals surface area contributed by atoms with Crippen LogP contribution in [0, 0.1) is 5.92 Å². The molecule has 2 atom stereocenters. The van der Waals surface area contributed by atoms with Crippen molar-refractivity contribution in [3.63, 3.8) is 0 Å². The summed E-state index contributed by atoms with van der Waals surface area (Å²) in [5.74, 6) is 1.56. The molecule has 0 bridgehead atoms. The van der Waals surface area contributed by atoms with Crippen molar-refractivity contribution in [2.24, 2.45) is 5.92 Å². The van der Waals surface area contributed by atoms with Crippen molar-refractivity contribution in [3.05, 3.63) is 48.8 Å². The molecular formula is C21H21N3O3. The maximum Gasteiger partial charge on any atom is 0.220 e. The van der Waals surface area contributed by atoms with Crippen molar-refractivity contribution < 1.29 is 14.3 Å². The van der Waals surface area contributed by atoms with Crippen molar-refractivity contribution in [1.29, 1.82) is 0 Å². The molecule has 1 aliphatic heterocycles. The number of nitrogens with one attached hydrogen (secondary N) is 1. The fourth-order valence-electron chi connectivity index (χ4n) is 3.37. The maximum atomic E-state index is 11.5. The summed E-state index contributed by atoms with van der Waals surface area (Å²) in [6.45, 7) is 2.66. The van der Waals surface area contributed by atoms with E-state index in [0.717, 1.165) is 27.8 Å².